The van der Waals surface area contributed by atoms with Gasteiger partial charge in [0.2, 0.25) is 5.91 Å². The predicted molar refractivity (Wildman–Crippen MR) is 91.7 cm³/mol. The summed E-state index contributed by atoms with van der Waals surface area (Å²) >= 11 is 6.02. The number of likely N-dealkylation sites (tertiary alicyclic amines) is 1. The van der Waals surface area contributed by atoms with Crippen LogP contribution in [-0.2, 0) is 16.0 Å². The average molecular weight is 355 g/mol. The molecule has 132 valence electrons. The zero-order valence-electron chi connectivity index (χ0n) is 13.8. The van der Waals surface area contributed by atoms with Gasteiger partial charge in [0.1, 0.15) is 5.82 Å². The van der Waals surface area contributed by atoms with Gasteiger partial charge in [-0.2, -0.15) is 0 Å². The van der Waals surface area contributed by atoms with E-state index in [1.54, 1.807) is 12.1 Å². The number of morpholine rings is 1. The number of amides is 1. The molecule has 0 unspecified atom stereocenters. The van der Waals surface area contributed by atoms with E-state index in [1.807, 2.05) is 4.90 Å². The van der Waals surface area contributed by atoms with Crippen LogP contribution in [0.5, 0.6) is 0 Å². The van der Waals surface area contributed by atoms with Crippen molar-refractivity contribution in [2.45, 2.75) is 19.3 Å². The Balaban J connectivity index is 1.48. The van der Waals surface area contributed by atoms with E-state index in [2.05, 4.69) is 4.90 Å². The number of halogens is 2. The topological polar surface area (TPSA) is 32.8 Å². The van der Waals surface area contributed by atoms with E-state index in [4.69, 9.17) is 16.3 Å². The summed E-state index contributed by atoms with van der Waals surface area (Å²) in [6, 6.07) is 4.54. The Morgan fingerprint density at radius 2 is 1.92 bits per heavy atom. The van der Waals surface area contributed by atoms with Gasteiger partial charge in [0, 0.05) is 43.3 Å². The van der Waals surface area contributed by atoms with Crippen LogP contribution in [0.4, 0.5) is 4.39 Å². The lowest BCUT2D eigenvalue weighted by Gasteiger charge is -2.36. The Morgan fingerprint density at radius 3 is 2.58 bits per heavy atom. The lowest BCUT2D eigenvalue weighted by molar-refractivity contribution is -0.132. The molecule has 0 atom stereocenters. The molecule has 1 aromatic carbocycles. The maximum Gasteiger partial charge on any atom is 0.227 e. The van der Waals surface area contributed by atoms with Gasteiger partial charge in [-0.15, -0.1) is 0 Å². The van der Waals surface area contributed by atoms with Crippen LogP contribution in [0, 0.1) is 11.7 Å². The Kier molecular flexibility index (Phi) is 6.09. The Labute approximate surface area is 147 Å². The summed E-state index contributed by atoms with van der Waals surface area (Å²) in [6.07, 6.45) is 2.06. The van der Waals surface area contributed by atoms with Gasteiger partial charge < -0.3 is 9.64 Å². The summed E-state index contributed by atoms with van der Waals surface area (Å²) in [7, 11) is 0. The summed E-state index contributed by atoms with van der Waals surface area (Å²) in [5, 5.41) is 0.325. The van der Waals surface area contributed by atoms with E-state index < -0.39 is 5.82 Å². The van der Waals surface area contributed by atoms with Crippen molar-refractivity contribution in [2.75, 3.05) is 45.9 Å². The number of nitrogens with zero attached hydrogens (tertiary/aromatic N) is 2. The van der Waals surface area contributed by atoms with Crippen LogP contribution in [0.1, 0.15) is 18.4 Å². The van der Waals surface area contributed by atoms with Crippen molar-refractivity contribution in [3.63, 3.8) is 0 Å². The van der Waals surface area contributed by atoms with Crippen LogP contribution in [0.25, 0.3) is 0 Å². The fourth-order valence-corrected chi connectivity index (χ4v) is 3.71. The minimum atomic E-state index is -0.405. The number of carbonyl (C=O) groups excluding carboxylic acids is 1. The molecule has 0 N–H and O–H groups in total. The fourth-order valence-electron chi connectivity index (χ4n) is 3.48. The van der Waals surface area contributed by atoms with Crippen molar-refractivity contribution in [3.05, 3.63) is 34.6 Å². The van der Waals surface area contributed by atoms with E-state index in [-0.39, 0.29) is 12.3 Å². The SMILES string of the molecule is O=C(Cc1c(F)cccc1Cl)N1CCC(CN2CCOCC2)CC1. The molecule has 0 radical (unpaired) electrons. The van der Waals surface area contributed by atoms with Gasteiger partial charge >= 0.3 is 0 Å². The van der Waals surface area contributed by atoms with Crippen LogP contribution in [0.2, 0.25) is 5.02 Å². The summed E-state index contributed by atoms with van der Waals surface area (Å²) in [5.41, 5.74) is 0.305. The van der Waals surface area contributed by atoms with Crippen LogP contribution in [-0.4, -0.2) is 61.6 Å². The van der Waals surface area contributed by atoms with Gasteiger partial charge in [-0.3, -0.25) is 9.69 Å². The standard InChI is InChI=1S/C18H24ClFN2O2/c19-16-2-1-3-17(20)15(16)12-18(23)22-6-4-14(5-7-22)13-21-8-10-24-11-9-21/h1-3,14H,4-13H2. The second-order valence-electron chi connectivity index (χ2n) is 6.61. The average Bonchev–Trinajstić information content (AvgIpc) is 2.60. The first-order valence-electron chi connectivity index (χ1n) is 8.64. The third-order valence-electron chi connectivity index (χ3n) is 4.98. The van der Waals surface area contributed by atoms with Gasteiger partial charge in [-0.05, 0) is 30.9 Å². The molecule has 0 saturated carbocycles. The van der Waals surface area contributed by atoms with Gasteiger partial charge in [0.25, 0.3) is 0 Å². The summed E-state index contributed by atoms with van der Waals surface area (Å²) in [4.78, 5) is 16.7. The first kappa shape index (κ1) is 17.6. The monoisotopic (exact) mass is 354 g/mol. The number of hydrogen-bond acceptors (Lipinski definition) is 3. The van der Waals surface area contributed by atoms with Crippen molar-refractivity contribution >= 4 is 17.5 Å². The molecule has 0 aliphatic carbocycles. The molecular weight excluding hydrogens is 331 g/mol. The highest BCUT2D eigenvalue weighted by Gasteiger charge is 2.25. The summed E-state index contributed by atoms with van der Waals surface area (Å²) < 4.78 is 19.2. The number of ether oxygens (including phenoxy) is 1. The van der Waals surface area contributed by atoms with Crippen LogP contribution < -0.4 is 0 Å². The zero-order chi connectivity index (χ0) is 16.9. The normalized spacial score (nSPS) is 20.3. The molecule has 24 heavy (non-hydrogen) atoms. The highest BCUT2D eigenvalue weighted by Crippen LogP contribution is 2.23. The van der Waals surface area contributed by atoms with Gasteiger partial charge in [-0.1, -0.05) is 17.7 Å². The molecule has 2 saturated heterocycles. The number of benzene rings is 1. The van der Waals surface area contributed by atoms with Crippen LogP contribution in [0.3, 0.4) is 0 Å². The molecule has 0 bridgehead atoms. The molecule has 2 heterocycles. The van der Waals surface area contributed by atoms with Gasteiger partial charge in [0.15, 0.2) is 0 Å². The fraction of sp³-hybridized carbons (Fsp3) is 0.611. The van der Waals surface area contributed by atoms with Crippen molar-refractivity contribution in [2.24, 2.45) is 5.92 Å². The highest BCUT2D eigenvalue weighted by atomic mass is 35.5. The van der Waals surface area contributed by atoms with Crippen LogP contribution in [0.15, 0.2) is 18.2 Å². The van der Waals surface area contributed by atoms with E-state index in [1.165, 1.54) is 6.07 Å². The second-order valence-corrected chi connectivity index (χ2v) is 7.02. The molecule has 1 amide bonds. The predicted octanol–water partition coefficient (Wildman–Crippen LogP) is 2.59. The first-order chi connectivity index (χ1) is 11.6. The van der Waals surface area contributed by atoms with E-state index >= 15 is 0 Å². The third-order valence-corrected chi connectivity index (χ3v) is 5.33. The molecule has 1 aromatic rings. The van der Waals surface area contributed by atoms with E-state index in [9.17, 15) is 9.18 Å². The summed E-state index contributed by atoms with van der Waals surface area (Å²) in [5.74, 6) is 0.189. The number of rotatable bonds is 4. The van der Waals surface area contributed by atoms with Crippen molar-refractivity contribution in [1.82, 2.24) is 9.80 Å². The lowest BCUT2D eigenvalue weighted by Crippen LogP contribution is -2.44. The Hall–Kier alpha value is -1.17. The maximum absolute atomic E-state index is 13.8. The first-order valence-corrected chi connectivity index (χ1v) is 9.02. The lowest BCUT2D eigenvalue weighted by atomic mass is 9.95. The van der Waals surface area contributed by atoms with E-state index in [0.29, 0.717) is 16.5 Å². The quantitative estimate of drug-likeness (QED) is 0.833. The van der Waals surface area contributed by atoms with Crippen LogP contribution >= 0.6 is 11.6 Å². The highest BCUT2D eigenvalue weighted by molar-refractivity contribution is 6.31. The molecule has 6 heteroatoms. The number of carbonyl (C=O) groups is 1. The Morgan fingerprint density at radius 1 is 1.21 bits per heavy atom. The van der Waals surface area contributed by atoms with Crippen molar-refractivity contribution < 1.29 is 13.9 Å². The smallest absolute Gasteiger partial charge is 0.227 e. The molecule has 3 rings (SSSR count). The molecule has 2 aliphatic rings. The number of hydrogen-bond donors (Lipinski definition) is 0. The van der Waals surface area contributed by atoms with Crippen molar-refractivity contribution in [3.8, 4) is 0 Å². The second kappa shape index (κ2) is 8.28. The molecule has 4 nitrogen and oxygen atoms in total. The van der Waals surface area contributed by atoms with Gasteiger partial charge in [-0.25, -0.2) is 4.39 Å². The largest absolute Gasteiger partial charge is 0.379 e. The molecule has 0 aromatic heterocycles. The minimum Gasteiger partial charge on any atom is -0.379 e. The summed E-state index contributed by atoms with van der Waals surface area (Å²) in [6.45, 7) is 6.24. The van der Waals surface area contributed by atoms with Gasteiger partial charge in [0.05, 0.1) is 19.6 Å². The minimum absolute atomic E-state index is 0.0353. The molecule has 2 aliphatic heterocycles. The Bertz CT molecular complexity index is 550. The molecule has 2 fully saturated rings. The third kappa shape index (κ3) is 4.47. The van der Waals surface area contributed by atoms with E-state index in [0.717, 1.165) is 58.8 Å². The maximum atomic E-state index is 13.8. The zero-order valence-corrected chi connectivity index (χ0v) is 14.6. The molecular formula is C18H24ClFN2O2. The van der Waals surface area contributed by atoms with Crippen molar-refractivity contribution in [1.29, 1.82) is 0 Å². The number of piperidine rings is 1. The molecule has 0 spiro atoms.